The molecule has 3 heteroatoms. The summed E-state index contributed by atoms with van der Waals surface area (Å²) < 4.78 is 13.5. The maximum absolute atomic E-state index is 13.5. The van der Waals surface area contributed by atoms with Gasteiger partial charge in [0, 0.05) is 11.3 Å². The molecule has 1 heterocycles. The van der Waals surface area contributed by atoms with Crippen LogP contribution >= 0.6 is 0 Å². The summed E-state index contributed by atoms with van der Waals surface area (Å²) in [7, 11) is 0. The van der Waals surface area contributed by atoms with Crippen LogP contribution in [0.3, 0.4) is 0 Å². The summed E-state index contributed by atoms with van der Waals surface area (Å²) in [6, 6.07) is 12.6. The summed E-state index contributed by atoms with van der Waals surface area (Å²) in [4.78, 5) is 0. The van der Waals surface area contributed by atoms with E-state index >= 15 is 0 Å². The van der Waals surface area contributed by atoms with Crippen molar-refractivity contribution in [3.05, 3.63) is 59.4 Å². The molecule has 0 spiro atoms. The number of fused-ring (bicyclic) bond motifs is 1. The normalized spacial score (nSPS) is 15.3. The van der Waals surface area contributed by atoms with Gasteiger partial charge in [-0.1, -0.05) is 18.2 Å². The van der Waals surface area contributed by atoms with E-state index in [1.165, 1.54) is 11.6 Å². The second kappa shape index (κ2) is 4.99. The van der Waals surface area contributed by atoms with E-state index in [9.17, 15) is 4.39 Å². The lowest BCUT2D eigenvalue weighted by Gasteiger charge is -2.31. The monoisotopic (exact) mass is 292 g/mol. The third-order valence-corrected chi connectivity index (χ3v) is 3.90. The fourth-order valence-corrected chi connectivity index (χ4v) is 2.95. The van der Waals surface area contributed by atoms with Crippen LogP contribution in [0.5, 0.6) is 0 Å². The third kappa shape index (κ3) is 2.48. The minimum Gasteiger partial charge on any atom is -0.376 e. The summed E-state index contributed by atoms with van der Waals surface area (Å²) in [6.45, 7) is 6.36. The van der Waals surface area contributed by atoms with Gasteiger partial charge in [0.1, 0.15) is 11.9 Å². The molecule has 2 aromatic carbocycles. The van der Waals surface area contributed by atoms with Gasteiger partial charge in [-0.15, -0.1) is 0 Å². The summed E-state index contributed by atoms with van der Waals surface area (Å²) in [5.74, 6) is -0.483. The number of allylic oxidation sites excluding steroid dienone is 1. The Balaban J connectivity index is 2.09. The molecule has 0 unspecified atom stereocenters. The Kier molecular flexibility index (Phi) is 3.26. The molecule has 1 aliphatic rings. The molecule has 1 N–H and O–H groups in total. The Morgan fingerprint density at radius 2 is 1.77 bits per heavy atom. The van der Waals surface area contributed by atoms with Gasteiger partial charge in [0.15, 0.2) is 0 Å². The van der Waals surface area contributed by atoms with Crippen LogP contribution in [0.2, 0.25) is 0 Å². The number of rotatable bonds is 1. The topological polar surface area (TPSA) is 35.8 Å². The lowest BCUT2D eigenvalue weighted by atomic mass is 9.89. The summed E-state index contributed by atoms with van der Waals surface area (Å²) >= 11 is 0. The van der Waals surface area contributed by atoms with Crippen molar-refractivity contribution in [3.63, 3.8) is 0 Å². The predicted molar refractivity (Wildman–Crippen MR) is 87.9 cm³/mol. The standard InChI is InChI=1S/C19H17FN2/c1-12-10-19(2,3)22-18-7-5-14(9-16(12)18)13-4-6-17(20)15(8-13)11-21/h4-10,22H,1-3H3. The SMILES string of the molecule is CC1=CC(C)(C)Nc2ccc(-c3ccc(F)c(C#N)c3)cc21. The van der Waals surface area contributed by atoms with Crippen molar-refractivity contribution in [2.45, 2.75) is 26.3 Å². The minimum absolute atomic E-state index is 0.0670. The van der Waals surface area contributed by atoms with E-state index in [-0.39, 0.29) is 11.1 Å². The van der Waals surface area contributed by atoms with Gasteiger partial charge in [0.05, 0.1) is 11.1 Å². The highest BCUT2D eigenvalue weighted by molar-refractivity contribution is 5.83. The van der Waals surface area contributed by atoms with Gasteiger partial charge in [-0.05, 0) is 61.7 Å². The quantitative estimate of drug-likeness (QED) is 0.805. The Hall–Kier alpha value is -2.60. The fourth-order valence-electron chi connectivity index (χ4n) is 2.95. The molecule has 0 aliphatic carbocycles. The number of hydrogen-bond acceptors (Lipinski definition) is 2. The molecular weight excluding hydrogens is 275 g/mol. The molecule has 3 rings (SSSR count). The number of nitrogens with one attached hydrogen (secondary N) is 1. The lowest BCUT2D eigenvalue weighted by Crippen LogP contribution is -2.31. The second-order valence-corrected chi connectivity index (χ2v) is 6.24. The summed E-state index contributed by atoms with van der Waals surface area (Å²) in [5, 5.41) is 12.5. The number of nitrogens with zero attached hydrogens (tertiary/aromatic N) is 1. The number of hydrogen-bond donors (Lipinski definition) is 1. The van der Waals surface area contributed by atoms with Gasteiger partial charge in [-0.3, -0.25) is 0 Å². The van der Waals surface area contributed by atoms with E-state index in [4.69, 9.17) is 5.26 Å². The zero-order chi connectivity index (χ0) is 15.9. The second-order valence-electron chi connectivity index (χ2n) is 6.24. The largest absolute Gasteiger partial charge is 0.376 e. The van der Waals surface area contributed by atoms with Gasteiger partial charge in [-0.25, -0.2) is 4.39 Å². The smallest absolute Gasteiger partial charge is 0.140 e. The Morgan fingerprint density at radius 1 is 1.09 bits per heavy atom. The Morgan fingerprint density at radius 3 is 2.50 bits per heavy atom. The highest BCUT2D eigenvalue weighted by atomic mass is 19.1. The zero-order valence-corrected chi connectivity index (χ0v) is 12.9. The van der Waals surface area contributed by atoms with Gasteiger partial charge in [0.25, 0.3) is 0 Å². The van der Waals surface area contributed by atoms with Gasteiger partial charge in [-0.2, -0.15) is 5.26 Å². The number of nitriles is 1. The molecule has 0 bridgehead atoms. The van der Waals surface area contributed by atoms with Crippen LogP contribution in [0.4, 0.5) is 10.1 Å². The van der Waals surface area contributed by atoms with Crippen molar-refractivity contribution >= 4 is 11.3 Å². The molecule has 2 nitrogen and oxygen atoms in total. The first kappa shape index (κ1) is 14.3. The highest BCUT2D eigenvalue weighted by Gasteiger charge is 2.22. The first-order chi connectivity index (χ1) is 10.4. The lowest BCUT2D eigenvalue weighted by molar-refractivity contribution is 0.624. The van der Waals surface area contributed by atoms with Crippen LogP contribution in [-0.2, 0) is 0 Å². The van der Waals surface area contributed by atoms with Gasteiger partial charge < -0.3 is 5.32 Å². The molecule has 22 heavy (non-hydrogen) atoms. The van der Waals surface area contributed by atoms with Crippen molar-refractivity contribution in [1.82, 2.24) is 0 Å². The number of halogens is 1. The van der Waals surface area contributed by atoms with Crippen molar-refractivity contribution in [2.75, 3.05) is 5.32 Å². The van der Waals surface area contributed by atoms with E-state index in [2.05, 4.69) is 38.2 Å². The fraction of sp³-hybridized carbons (Fsp3) is 0.211. The van der Waals surface area contributed by atoms with Gasteiger partial charge >= 0.3 is 0 Å². The molecule has 0 saturated heterocycles. The van der Waals surface area contributed by atoms with Crippen LogP contribution in [0.1, 0.15) is 31.9 Å². The highest BCUT2D eigenvalue weighted by Crippen LogP contribution is 2.36. The number of benzene rings is 2. The van der Waals surface area contributed by atoms with Crippen LogP contribution in [0, 0.1) is 17.1 Å². The Labute approximate surface area is 129 Å². The zero-order valence-electron chi connectivity index (χ0n) is 12.9. The van der Waals surface area contributed by atoms with Crippen molar-refractivity contribution in [1.29, 1.82) is 5.26 Å². The Bertz CT molecular complexity index is 826. The molecule has 0 aromatic heterocycles. The molecule has 0 atom stereocenters. The molecule has 0 saturated carbocycles. The maximum Gasteiger partial charge on any atom is 0.140 e. The minimum atomic E-state index is -0.483. The molecule has 0 fully saturated rings. The summed E-state index contributed by atoms with van der Waals surface area (Å²) in [6.07, 6.45) is 2.20. The average molecular weight is 292 g/mol. The van der Waals surface area contributed by atoms with Crippen LogP contribution in [0.25, 0.3) is 16.7 Å². The van der Waals surface area contributed by atoms with E-state index in [1.807, 2.05) is 18.2 Å². The molecule has 2 aromatic rings. The van der Waals surface area contributed by atoms with E-state index in [0.29, 0.717) is 0 Å². The van der Waals surface area contributed by atoms with E-state index < -0.39 is 5.82 Å². The van der Waals surface area contributed by atoms with Crippen molar-refractivity contribution in [2.24, 2.45) is 0 Å². The van der Waals surface area contributed by atoms with Crippen molar-refractivity contribution in [3.8, 4) is 17.2 Å². The van der Waals surface area contributed by atoms with E-state index in [0.717, 1.165) is 22.4 Å². The third-order valence-electron chi connectivity index (χ3n) is 3.90. The van der Waals surface area contributed by atoms with Gasteiger partial charge in [0.2, 0.25) is 0 Å². The molecule has 0 radical (unpaired) electrons. The average Bonchev–Trinajstić information content (AvgIpc) is 2.46. The van der Waals surface area contributed by atoms with Crippen LogP contribution in [0.15, 0.2) is 42.5 Å². The van der Waals surface area contributed by atoms with Crippen LogP contribution in [-0.4, -0.2) is 5.54 Å². The first-order valence-electron chi connectivity index (χ1n) is 7.22. The molecule has 0 amide bonds. The van der Waals surface area contributed by atoms with Crippen LogP contribution < -0.4 is 5.32 Å². The van der Waals surface area contributed by atoms with Crippen molar-refractivity contribution < 1.29 is 4.39 Å². The number of anilines is 1. The van der Waals surface area contributed by atoms with E-state index in [1.54, 1.807) is 12.1 Å². The summed E-state index contributed by atoms with van der Waals surface area (Å²) in [5.41, 5.74) is 5.27. The maximum atomic E-state index is 13.5. The molecule has 110 valence electrons. The predicted octanol–water partition coefficient (Wildman–Crippen LogP) is 4.97. The molecular formula is C19H17FN2. The molecule has 1 aliphatic heterocycles. The first-order valence-corrected chi connectivity index (χ1v) is 7.22.